The molecule has 1 amide bonds. The van der Waals surface area contributed by atoms with Crippen molar-refractivity contribution in [3.05, 3.63) is 64.6 Å². The zero-order valence-corrected chi connectivity index (χ0v) is 17.0. The van der Waals surface area contributed by atoms with Gasteiger partial charge in [-0.05, 0) is 42.5 Å². The van der Waals surface area contributed by atoms with Crippen molar-refractivity contribution >= 4 is 54.0 Å². The first-order valence-electron chi connectivity index (χ1n) is 7.63. The van der Waals surface area contributed by atoms with E-state index in [0.29, 0.717) is 11.4 Å². The van der Waals surface area contributed by atoms with Gasteiger partial charge in [-0.25, -0.2) is 13.4 Å². The van der Waals surface area contributed by atoms with E-state index in [0.717, 1.165) is 4.47 Å². The molecule has 1 aromatic heterocycles. The number of carbonyl (C=O) groups is 1. The molecule has 10 heteroatoms. The minimum absolute atomic E-state index is 0.0704. The lowest BCUT2D eigenvalue weighted by atomic mass is 10.3. The molecular weight excluding hydrogens is 454 g/mol. The van der Waals surface area contributed by atoms with Crippen LogP contribution in [0.5, 0.6) is 5.75 Å². The van der Waals surface area contributed by atoms with E-state index >= 15 is 0 Å². The van der Waals surface area contributed by atoms with E-state index in [2.05, 4.69) is 31.0 Å². The predicted octanol–water partition coefficient (Wildman–Crippen LogP) is 3.72. The fraction of sp³-hybridized carbons (Fsp3) is 0.0588. The van der Waals surface area contributed by atoms with Gasteiger partial charge in [0.2, 0.25) is 0 Å². The second-order valence-electron chi connectivity index (χ2n) is 5.26. The number of ether oxygens (including phenoxy) is 1. The third-order valence-electron chi connectivity index (χ3n) is 3.27. The lowest BCUT2D eigenvalue weighted by molar-refractivity contribution is -0.118. The predicted molar refractivity (Wildman–Crippen MR) is 108 cm³/mol. The number of halogens is 1. The summed E-state index contributed by atoms with van der Waals surface area (Å²) >= 11 is 4.51. The van der Waals surface area contributed by atoms with E-state index in [4.69, 9.17) is 4.74 Å². The molecule has 140 valence electrons. The van der Waals surface area contributed by atoms with Gasteiger partial charge < -0.3 is 10.1 Å². The van der Waals surface area contributed by atoms with Gasteiger partial charge in [0.1, 0.15) is 5.75 Å². The largest absolute Gasteiger partial charge is 0.484 e. The number of thiazole rings is 1. The summed E-state index contributed by atoms with van der Waals surface area (Å²) in [6.45, 7) is -0.165. The zero-order valence-electron chi connectivity index (χ0n) is 13.8. The number of rotatable bonds is 7. The molecule has 0 saturated heterocycles. The van der Waals surface area contributed by atoms with Crippen LogP contribution in [0.2, 0.25) is 0 Å². The normalized spacial score (nSPS) is 11.0. The fourth-order valence-corrected chi connectivity index (χ4v) is 4.23. The molecule has 0 radical (unpaired) electrons. The monoisotopic (exact) mass is 467 g/mol. The first-order valence-corrected chi connectivity index (χ1v) is 10.8. The van der Waals surface area contributed by atoms with Crippen molar-refractivity contribution in [2.75, 3.05) is 16.6 Å². The van der Waals surface area contributed by atoms with Crippen LogP contribution in [0.3, 0.4) is 0 Å². The van der Waals surface area contributed by atoms with Crippen molar-refractivity contribution in [1.29, 1.82) is 0 Å². The first-order chi connectivity index (χ1) is 12.9. The maximum atomic E-state index is 12.3. The Kier molecular flexibility index (Phi) is 6.09. The van der Waals surface area contributed by atoms with Crippen LogP contribution < -0.4 is 14.8 Å². The standard InChI is InChI=1S/C17H14BrN3O4S2/c18-12-2-1-3-14(10-12)25-11-16(22)20-13-4-6-15(7-5-13)27(23,24)21-17-19-8-9-26-17/h1-10H,11H2,(H,19,21)(H,20,22). The maximum Gasteiger partial charge on any atom is 0.263 e. The summed E-state index contributed by atoms with van der Waals surface area (Å²) in [5.41, 5.74) is 0.464. The number of carbonyl (C=O) groups excluding carboxylic acids is 1. The third kappa shape index (κ3) is 5.52. The van der Waals surface area contributed by atoms with Gasteiger partial charge in [0, 0.05) is 21.7 Å². The van der Waals surface area contributed by atoms with Crippen molar-refractivity contribution in [1.82, 2.24) is 4.98 Å². The molecule has 2 N–H and O–H groups in total. The van der Waals surface area contributed by atoms with Gasteiger partial charge in [-0.1, -0.05) is 22.0 Å². The van der Waals surface area contributed by atoms with Crippen molar-refractivity contribution in [2.45, 2.75) is 4.90 Å². The van der Waals surface area contributed by atoms with Crippen LogP contribution in [-0.2, 0) is 14.8 Å². The highest BCUT2D eigenvalue weighted by molar-refractivity contribution is 9.10. The molecule has 7 nitrogen and oxygen atoms in total. The molecule has 1 heterocycles. The van der Waals surface area contributed by atoms with Gasteiger partial charge in [-0.2, -0.15) is 0 Å². The average Bonchev–Trinajstić information content (AvgIpc) is 3.13. The molecule has 2 aromatic carbocycles. The quantitative estimate of drug-likeness (QED) is 0.551. The number of amides is 1. The van der Waals surface area contributed by atoms with Gasteiger partial charge in [-0.3, -0.25) is 9.52 Å². The van der Waals surface area contributed by atoms with Crippen LogP contribution in [0.25, 0.3) is 0 Å². The van der Waals surface area contributed by atoms with E-state index < -0.39 is 10.0 Å². The summed E-state index contributed by atoms with van der Waals surface area (Å²) in [5, 5.41) is 4.61. The van der Waals surface area contributed by atoms with Gasteiger partial charge in [0.25, 0.3) is 15.9 Å². The van der Waals surface area contributed by atoms with Gasteiger partial charge in [0.15, 0.2) is 11.7 Å². The Morgan fingerprint density at radius 1 is 1.19 bits per heavy atom. The van der Waals surface area contributed by atoms with Gasteiger partial charge in [0.05, 0.1) is 4.90 Å². The Bertz CT molecular complexity index is 1020. The molecule has 0 bridgehead atoms. The number of anilines is 2. The smallest absolute Gasteiger partial charge is 0.263 e. The molecule has 0 atom stereocenters. The number of nitrogens with one attached hydrogen (secondary N) is 2. The van der Waals surface area contributed by atoms with E-state index in [1.807, 2.05) is 6.07 Å². The first kappa shape index (κ1) is 19.3. The Labute approximate surface area is 168 Å². The lowest BCUT2D eigenvalue weighted by Gasteiger charge is -2.09. The van der Waals surface area contributed by atoms with Crippen LogP contribution in [-0.4, -0.2) is 25.9 Å². The van der Waals surface area contributed by atoms with Crippen LogP contribution in [0.15, 0.2) is 69.5 Å². The molecule has 0 aliphatic rings. The van der Waals surface area contributed by atoms with Gasteiger partial charge >= 0.3 is 0 Å². The van der Waals surface area contributed by atoms with Crippen LogP contribution >= 0.6 is 27.3 Å². The molecule has 3 aromatic rings. The minimum Gasteiger partial charge on any atom is -0.484 e. The summed E-state index contributed by atoms with van der Waals surface area (Å²) in [6, 6.07) is 13.0. The summed E-state index contributed by atoms with van der Waals surface area (Å²) in [7, 11) is -3.72. The lowest BCUT2D eigenvalue weighted by Crippen LogP contribution is -2.20. The number of hydrogen-bond donors (Lipinski definition) is 2. The summed E-state index contributed by atoms with van der Waals surface area (Å²) in [5.74, 6) is 0.209. The molecule has 3 rings (SSSR count). The summed E-state index contributed by atoms with van der Waals surface area (Å²) < 4.78 is 33.2. The van der Waals surface area contributed by atoms with Crippen molar-refractivity contribution in [3.63, 3.8) is 0 Å². The number of aromatic nitrogens is 1. The van der Waals surface area contributed by atoms with Crippen molar-refractivity contribution in [3.8, 4) is 5.75 Å². The van der Waals surface area contributed by atoms with Crippen LogP contribution in [0.1, 0.15) is 0 Å². The summed E-state index contributed by atoms with van der Waals surface area (Å²) in [6.07, 6.45) is 1.51. The van der Waals surface area contributed by atoms with Crippen LogP contribution in [0.4, 0.5) is 10.8 Å². The topological polar surface area (TPSA) is 97.4 Å². The number of benzene rings is 2. The second-order valence-corrected chi connectivity index (χ2v) is 8.75. The summed E-state index contributed by atoms with van der Waals surface area (Å²) in [4.78, 5) is 15.9. The van der Waals surface area contributed by atoms with E-state index in [1.165, 1.54) is 41.8 Å². The van der Waals surface area contributed by atoms with E-state index in [-0.39, 0.29) is 22.5 Å². The van der Waals surface area contributed by atoms with E-state index in [1.54, 1.807) is 23.6 Å². The molecular formula is C17H14BrN3O4S2. The minimum atomic E-state index is -3.72. The van der Waals surface area contributed by atoms with Crippen molar-refractivity contribution in [2.24, 2.45) is 0 Å². The number of sulfonamides is 1. The number of nitrogens with zero attached hydrogens (tertiary/aromatic N) is 1. The fourth-order valence-electron chi connectivity index (χ4n) is 2.07. The number of hydrogen-bond acceptors (Lipinski definition) is 6. The van der Waals surface area contributed by atoms with Gasteiger partial charge in [-0.15, -0.1) is 11.3 Å². The van der Waals surface area contributed by atoms with Crippen molar-refractivity contribution < 1.29 is 17.9 Å². The molecule has 0 aliphatic heterocycles. The SMILES string of the molecule is O=C(COc1cccc(Br)c1)Nc1ccc(S(=O)(=O)Nc2nccs2)cc1. The van der Waals surface area contributed by atoms with Crippen LogP contribution in [0, 0.1) is 0 Å². The Hall–Kier alpha value is -2.43. The Morgan fingerprint density at radius 2 is 1.96 bits per heavy atom. The molecule has 0 saturated carbocycles. The molecule has 0 aliphatic carbocycles. The highest BCUT2D eigenvalue weighted by Crippen LogP contribution is 2.20. The second kappa shape index (κ2) is 8.51. The average molecular weight is 468 g/mol. The highest BCUT2D eigenvalue weighted by Gasteiger charge is 2.15. The Morgan fingerprint density at radius 3 is 2.63 bits per heavy atom. The Balaban J connectivity index is 1.57. The van der Waals surface area contributed by atoms with E-state index in [9.17, 15) is 13.2 Å². The maximum absolute atomic E-state index is 12.3. The molecule has 0 spiro atoms. The molecule has 0 fully saturated rings. The highest BCUT2D eigenvalue weighted by atomic mass is 79.9. The zero-order chi connectivity index (χ0) is 19.3. The molecule has 27 heavy (non-hydrogen) atoms. The molecule has 0 unspecified atom stereocenters. The third-order valence-corrected chi connectivity index (χ3v) is 5.93.